The van der Waals surface area contributed by atoms with Gasteiger partial charge in [0.05, 0.1) is 6.61 Å². The molecular weight excluding hydrogens is 260 g/mol. The Morgan fingerprint density at radius 1 is 1.35 bits per heavy atom. The van der Waals surface area contributed by atoms with Crippen LogP contribution in [0.5, 0.6) is 0 Å². The molecule has 0 bridgehead atoms. The minimum atomic E-state index is -0.462. The van der Waals surface area contributed by atoms with E-state index < -0.39 is 5.60 Å². The quantitative estimate of drug-likeness (QED) is 0.652. The zero-order chi connectivity index (χ0) is 15.2. The van der Waals surface area contributed by atoms with Gasteiger partial charge in [-0.1, -0.05) is 0 Å². The van der Waals surface area contributed by atoms with Crippen molar-refractivity contribution in [3.8, 4) is 0 Å². The molecule has 1 amide bonds. The maximum absolute atomic E-state index is 11.6. The van der Waals surface area contributed by atoms with Crippen molar-refractivity contribution in [2.24, 2.45) is 0 Å². The molecule has 20 heavy (non-hydrogen) atoms. The van der Waals surface area contributed by atoms with Crippen LogP contribution in [0, 0.1) is 0 Å². The van der Waals surface area contributed by atoms with E-state index in [9.17, 15) is 4.79 Å². The van der Waals surface area contributed by atoms with Gasteiger partial charge in [0, 0.05) is 31.8 Å². The average Bonchev–Trinajstić information content (AvgIpc) is 2.24. The maximum Gasteiger partial charge on any atom is 0.407 e. The highest BCUT2D eigenvalue weighted by Crippen LogP contribution is 2.21. The third-order valence-corrected chi connectivity index (χ3v) is 3.18. The van der Waals surface area contributed by atoms with Gasteiger partial charge in [0.15, 0.2) is 0 Å². The highest BCUT2D eigenvalue weighted by Gasteiger charge is 2.32. The highest BCUT2D eigenvalue weighted by atomic mass is 16.6. The zero-order valence-electron chi connectivity index (χ0n) is 12.9. The molecule has 6 heteroatoms. The number of carbonyl (C=O) groups is 1. The topological polar surface area (TPSA) is 79.8 Å². The number of nitrogens with one attached hydrogen (secondary N) is 2. The highest BCUT2D eigenvalue weighted by molar-refractivity contribution is 5.68. The minimum absolute atomic E-state index is 0.146. The second kappa shape index (κ2) is 7.81. The minimum Gasteiger partial charge on any atom is -0.444 e. The van der Waals surface area contributed by atoms with Gasteiger partial charge in [0.2, 0.25) is 0 Å². The number of alkyl carbamates (subject to hydrolysis) is 1. The summed E-state index contributed by atoms with van der Waals surface area (Å²) in [4.78, 5) is 11.6. The van der Waals surface area contributed by atoms with E-state index in [1.165, 1.54) is 0 Å². The van der Waals surface area contributed by atoms with E-state index in [4.69, 9.17) is 14.6 Å². The molecule has 1 fully saturated rings. The van der Waals surface area contributed by atoms with Crippen LogP contribution in [0.2, 0.25) is 0 Å². The van der Waals surface area contributed by atoms with Gasteiger partial charge in [-0.05, 0) is 40.0 Å². The van der Waals surface area contributed by atoms with E-state index in [1.807, 2.05) is 20.8 Å². The maximum atomic E-state index is 11.6. The summed E-state index contributed by atoms with van der Waals surface area (Å²) in [5.41, 5.74) is -0.462. The molecule has 0 aliphatic heterocycles. The van der Waals surface area contributed by atoms with Gasteiger partial charge < -0.3 is 25.2 Å². The van der Waals surface area contributed by atoms with Crippen LogP contribution in [0.3, 0.4) is 0 Å². The molecule has 118 valence electrons. The lowest BCUT2D eigenvalue weighted by atomic mass is 9.86. The van der Waals surface area contributed by atoms with Crippen molar-refractivity contribution < 1.29 is 19.4 Å². The summed E-state index contributed by atoms with van der Waals surface area (Å²) in [6.07, 6.45) is 2.08. The molecule has 3 N–H and O–H groups in total. The fourth-order valence-corrected chi connectivity index (χ4v) is 2.25. The molecule has 1 aliphatic rings. The smallest absolute Gasteiger partial charge is 0.407 e. The Bertz CT molecular complexity index is 292. The molecule has 6 nitrogen and oxygen atoms in total. The van der Waals surface area contributed by atoms with Crippen molar-refractivity contribution in [1.29, 1.82) is 0 Å². The van der Waals surface area contributed by atoms with E-state index in [-0.39, 0.29) is 24.8 Å². The molecule has 0 heterocycles. The monoisotopic (exact) mass is 288 g/mol. The summed E-state index contributed by atoms with van der Waals surface area (Å²) < 4.78 is 10.3. The predicted octanol–water partition coefficient (Wildman–Crippen LogP) is 1.03. The molecule has 1 atom stereocenters. The van der Waals surface area contributed by atoms with Crippen LogP contribution >= 0.6 is 0 Å². The van der Waals surface area contributed by atoms with E-state index in [2.05, 4.69) is 10.6 Å². The van der Waals surface area contributed by atoms with Crippen molar-refractivity contribution in [3.05, 3.63) is 0 Å². The summed E-state index contributed by atoms with van der Waals surface area (Å²) >= 11 is 0. The molecule has 0 spiro atoms. The van der Waals surface area contributed by atoms with Crippen molar-refractivity contribution in [1.82, 2.24) is 10.6 Å². The lowest BCUT2D eigenvalue weighted by Crippen LogP contribution is -2.56. The number of ether oxygens (including phenoxy) is 2. The lowest BCUT2D eigenvalue weighted by molar-refractivity contribution is 0.0456. The molecular formula is C14H28N2O4. The third kappa shape index (κ3) is 6.54. The van der Waals surface area contributed by atoms with Gasteiger partial charge in [-0.2, -0.15) is 0 Å². The number of rotatable bonds is 7. The van der Waals surface area contributed by atoms with Crippen LogP contribution in [-0.2, 0) is 9.47 Å². The summed E-state index contributed by atoms with van der Waals surface area (Å²) in [7, 11) is 1.65. The SMILES string of the molecule is COCC(CCO)NC1CC(NC(=O)OC(C)(C)C)C1. The fourth-order valence-electron chi connectivity index (χ4n) is 2.25. The molecule has 0 aromatic carbocycles. The van der Waals surface area contributed by atoms with Gasteiger partial charge in [0.1, 0.15) is 5.60 Å². The fraction of sp³-hybridized carbons (Fsp3) is 0.929. The van der Waals surface area contributed by atoms with Crippen LogP contribution in [-0.4, -0.2) is 55.2 Å². The van der Waals surface area contributed by atoms with Crippen molar-refractivity contribution in [3.63, 3.8) is 0 Å². The van der Waals surface area contributed by atoms with Gasteiger partial charge >= 0.3 is 6.09 Å². The first kappa shape index (κ1) is 17.2. The second-order valence-electron chi connectivity index (χ2n) is 6.34. The van der Waals surface area contributed by atoms with Crippen LogP contribution in [0.15, 0.2) is 0 Å². The summed E-state index contributed by atoms with van der Waals surface area (Å²) in [6, 6.07) is 0.693. The first-order chi connectivity index (χ1) is 9.34. The van der Waals surface area contributed by atoms with Gasteiger partial charge in [-0.25, -0.2) is 4.79 Å². The molecule has 1 saturated carbocycles. The molecule has 1 unspecified atom stereocenters. The molecule has 1 rings (SSSR count). The average molecular weight is 288 g/mol. The second-order valence-corrected chi connectivity index (χ2v) is 6.34. The molecule has 0 saturated heterocycles. The van der Waals surface area contributed by atoms with Crippen LogP contribution in [0.1, 0.15) is 40.0 Å². The van der Waals surface area contributed by atoms with Crippen molar-refractivity contribution >= 4 is 6.09 Å². The van der Waals surface area contributed by atoms with E-state index in [1.54, 1.807) is 7.11 Å². The van der Waals surface area contributed by atoms with E-state index in [0.717, 1.165) is 12.8 Å². The molecule has 0 aromatic rings. The largest absolute Gasteiger partial charge is 0.444 e. The summed E-state index contributed by atoms with van der Waals surface area (Å²) in [5.74, 6) is 0. The Balaban J connectivity index is 2.20. The Labute approximate surface area is 121 Å². The van der Waals surface area contributed by atoms with E-state index >= 15 is 0 Å². The zero-order valence-corrected chi connectivity index (χ0v) is 12.9. The Morgan fingerprint density at radius 2 is 2.00 bits per heavy atom. The number of hydrogen-bond acceptors (Lipinski definition) is 5. The lowest BCUT2D eigenvalue weighted by Gasteiger charge is -2.38. The van der Waals surface area contributed by atoms with Crippen LogP contribution in [0.4, 0.5) is 4.79 Å². The number of amides is 1. The predicted molar refractivity (Wildman–Crippen MR) is 76.7 cm³/mol. The van der Waals surface area contributed by atoms with Crippen molar-refractivity contribution in [2.45, 2.75) is 63.8 Å². The van der Waals surface area contributed by atoms with E-state index in [0.29, 0.717) is 19.1 Å². The Hall–Kier alpha value is -0.850. The van der Waals surface area contributed by atoms with Crippen LogP contribution in [0.25, 0.3) is 0 Å². The molecule has 0 aromatic heterocycles. The van der Waals surface area contributed by atoms with Gasteiger partial charge in [-0.15, -0.1) is 0 Å². The first-order valence-electron chi connectivity index (χ1n) is 7.19. The Morgan fingerprint density at radius 3 is 2.50 bits per heavy atom. The number of hydrogen-bond donors (Lipinski definition) is 3. The first-order valence-corrected chi connectivity index (χ1v) is 7.19. The number of carbonyl (C=O) groups excluding carboxylic acids is 1. The summed E-state index contributed by atoms with van der Waals surface area (Å²) in [6.45, 7) is 6.28. The molecule has 0 radical (unpaired) electrons. The standard InChI is InChI=1S/C14H28N2O4/c1-14(2,3)20-13(18)16-12-7-11(8-12)15-10(5-6-17)9-19-4/h10-12,15,17H,5-9H2,1-4H3,(H,16,18). The van der Waals surface area contributed by atoms with Gasteiger partial charge in [0.25, 0.3) is 0 Å². The number of aliphatic hydroxyl groups excluding tert-OH is 1. The normalized spacial score (nSPS) is 23.9. The van der Waals surface area contributed by atoms with Crippen molar-refractivity contribution in [2.75, 3.05) is 20.3 Å². The van der Waals surface area contributed by atoms with Crippen LogP contribution < -0.4 is 10.6 Å². The third-order valence-electron chi connectivity index (χ3n) is 3.18. The summed E-state index contributed by atoms with van der Waals surface area (Å²) in [5, 5.41) is 15.3. The Kier molecular flexibility index (Phi) is 6.71. The van der Waals surface area contributed by atoms with Gasteiger partial charge in [-0.3, -0.25) is 0 Å². The molecule has 1 aliphatic carbocycles. The number of aliphatic hydroxyl groups is 1. The number of methoxy groups -OCH3 is 1.